The molecular formula is C22H25NO8S. The lowest BCUT2D eigenvalue weighted by molar-refractivity contribution is -0.145. The molecule has 1 aromatic carbocycles. The van der Waals surface area contributed by atoms with Gasteiger partial charge in [-0.05, 0) is 45.4 Å². The van der Waals surface area contributed by atoms with E-state index < -0.39 is 39.9 Å². The summed E-state index contributed by atoms with van der Waals surface area (Å²) < 4.78 is 41.1. The number of H-pyrrole nitrogens is 1. The zero-order chi connectivity index (χ0) is 23.6. The van der Waals surface area contributed by atoms with Crippen molar-refractivity contribution < 1.29 is 37.0 Å². The molecule has 1 aliphatic rings. The average molecular weight is 464 g/mol. The third kappa shape index (κ3) is 4.85. The SMILES string of the molecule is CC(=O)c1c(C)[nH]c(C(=O)[C@H](C)OC(=O)CCS(=O)(=O)c2ccc3c(c2)OCCO3)c1C. The van der Waals surface area contributed by atoms with Crippen molar-refractivity contribution in [2.45, 2.75) is 45.1 Å². The van der Waals surface area contributed by atoms with Gasteiger partial charge in [0, 0.05) is 17.3 Å². The maximum atomic E-state index is 12.7. The zero-order valence-electron chi connectivity index (χ0n) is 18.3. The predicted molar refractivity (Wildman–Crippen MR) is 114 cm³/mol. The fourth-order valence-corrected chi connectivity index (χ4v) is 4.82. The van der Waals surface area contributed by atoms with Crippen LogP contribution in [0.3, 0.4) is 0 Å². The van der Waals surface area contributed by atoms with E-state index >= 15 is 0 Å². The summed E-state index contributed by atoms with van der Waals surface area (Å²) in [4.78, 5) is 39.5. The van der Waals surface area contributed by atoms with Gasteiger partial charge in [0.25, 0.3) is 0 Å². The Morgan fingerprint density at radius 2 is 1.78 bits per heavy atom. The summed E-state index contributed by atoms with van der Waals surface area (Å²) in [5.74, 6) is -1.18. The van der Waals surface area contributed by atoms with Gasteiger partial charge in [-0.15, -0.1) is 0 Å². The maximum Gasteiger partial charge on any atom is 0.307 e. The number of Topliss-reactive ketones (excluding diaryl/α,β-unsaturated/α-hetero) is 2. The van der Waals surface area contributed by atoms with Gasteiger partial charge in [0.2, 0.25) is 5.78 Å². The van der Waals surface area contributed by atoms with E-state index in [1.807, 2.05) is 0 Å². The Balaban J connectivity index is 1.62. The molecule has 172 valence electrons. The summed E-state index contributed by atoms with van der Waals surface area (Å²) in [6.07, 6.45) is -1.56. The van der Waals surface area contributed by atoms with Crippen molar-refractivity contribution in [2.24, 2.45) is 0 Å². The van der Waals surface area contributed by atoms with Crippen LogP contribution in [0.1, 0.15) is 52.4 Å². The van der Waals surface area contributed by atoms with Gasteiger partial charge in [0.15, 0.2) is 33.2 Å². The van der Waals surface area contributed by atoms with E-state index in [1.165, 1.54) is 32.0 Å². The molecular weight excluding hydrogens is 438 g/mol. The molecule has 32 heavy (non-hydrogen) atoms. The number of ether oxygens (including phenoxy) is 3. The van der Waals surface area contributed by atoms with E-state index in [1.54, 1.807) is 13.8 Å². The number of benzene rings is 1. The third-order valence-corrected chi connectivity index (χ3v) is 6.87. The van der Waals surface area contributed by atoms with E-state index in [-0.39, 0.29) is 16.4 Å². The van der Waals surface area contributed by atoms with Crippen LogP contribution in [0.15, 0.2) is 23.1 Å². The number of hydrogen-bond donors (Lipinski definition) is 1. The fourth-order valence-electron chi connectivity index (χ4n) is 3.59. The van der Waals surface area contributed by atoms with Crippen molar-refractivity contribution in [1.82, 2.24) is 4.98 Å². The van der Waals surface area contributed by atoms with E-state index in [2.05, 4.69) is 4.98 Å². The van der Waals surface area contributed by atoms with Crippen LogP contribution in [-0.4, -0.2) is 56.0 Å². The van der Waals surface area contributed by atoms with Crippen LogP contribution in [0.4, 0.5) is 0 Å². The first-order valence-electron chi connectivity index (χ1n) is 10.1. The Bertz CT molecular complexity index is 1180. The molecule has 1 aromatic heterocycles. The number of aryl methyl sites for hydroxylation is 1. The van der Waals surface area contributed by atoms with Gasteiger partial charge >= 0.3 is 5.97 Å². The molecule has 2 heterocycles. The van der Waals surface area contributed by atoms with Gasteiger partial charge in [0.05, 0.1) is 22.8 Å². The van der Waals surface area contributed by atoms with Crippen LogP contribution in [0.25, 0.3) is 0 Å². The van der Waals surface area contributed by atoms with Crippen LogP contribution in [0.2, 0.25) is 0 Å². The number of aromatic amines is 1. The Morgan fingerprint density at radius 3 is 2.41 bits per heavy atom. The van der Waals surface area contributed by atoms with E-state index in [9.17, 15) is 22.8 Å². The lowest BCUT2D eigenvalue weighted by atomic mass is 10.0. The zero-order valence-corrected chi connectivity index (χ0v) is 19.1. The predicted octanol–water partition coefficient (Wildman–Crippen LogP) is 2.58. The molecule has 0 saturated carbocycles. The van der Waals surface area contributed by atoms with Crippen molar-refractivity contribution in [3.63, 3.8) is 0 Å². The number of ketones is 2. The van der Waals surface area contributed by atoms with E-state index in [0.717, 1.165) is 0 Å². The van der Waals surface area contributed by atoms with Gasteiger partial charge in [-0.1, -0.05) is 0 Å². The molecule has 1 aliphatic heterocycles. The molecule has 3 rings (SSSR count). The molecule has 0 radical (unpaired) electrons. The molecule has 0 aliphatic carbocycles. The first kappa shape index (κ1) is 23.5. The number of aromatic nitrogens is 1. The standard InChI is InChI=1S/C22H25NO8S/c1-12-20(14(3)24)13(2)23-21(12)22(26)15(4)31-19(25)7-10-32(27,28)16-5-6-17-18(11-16)30-9-8-29-17/h5-6,11,15,23H,7-10H2,1-4H3/t15-/m0/s1. The van der Waals surface area contributed by atoms with Gasteiger partial charge in [-0.25, -0.2) is 8.42 Å². The topological polar surface area (TPSA) is 129 Å². The van der Waals surface area contributed by atoms with Crippen LogP contribution in [-0.2, 0) is 19.4 Å². The highest BCUT2D eigenvalue weighted by Crippen LogP contribution is 2.32. The third-order valence-electron chi connectivity index (χ3n) is 5.16. The van der Waals surface area contributed by atoms with Gasteiger partial charge < -0.3 is 19.2 Å². The molecule has 1 N–H and O–H groups in total. The van der Waals surface area contributed by atoms with Gasteiger partial charge in [0.1, 0.15) is 13.2 Å². The van der Waals surface area contributed by atoms with Crippen LogP contribution >= 0.6 is 0 Å². The highest BCUT2D eigenvalue weighted by atomic mass is 32.2. The summed E-state index contributed by atoms with van der Waals surface area (Å²) in [6.45, 7) is 6.84. The number of hydrogen-bond acceptors (Lipinski definition) is 8. The molecule has 0 amide bonds. The molecule has 1 atom stereocenters. The first-order valence-corrected chi connectivity index (χ1v) is 11.7. The lowest BCUT2D eigenvalue weighted by Crippen LogP contribution is -2.26. The number of rotatable bonds is 8. The molecule has 0 spiro atoms. The normalized spacial score (nSPS) is 14.0. The number of sulfone groups is 1. The first-order chi connectivity index (χ1) is 15.0. The minimum absolute atomic E-state index is 0.00734. The number of carbonyl (C=O) groups is 3. The molecule has 0 unspecified atom stereocenters. The monoisotopic (exact) mass is 463 g/mol. The number of esters is 1. The second-order valence-electron chi connectivity index (χ2n) is 7.55. The summed E-state index contributed by atoms with van der Waals surface area (Å²) in [7, 11) is -3.78. The second kappa shape index (κ2) is 9.15. The highest BCUT2D eigenvalue weighted by molar-refractivity contribution is 7.91. The van der Waals surface area contributed by atoms with Crippen LogP contribution in [0.5, 0.6) is 11.5 Å². The van der Waals surface area contributed by atoms with Crippen LogP contribution in [0, 0.1) is 13.8 Å². The number of nitrogens with one attached hydrogen (secondary N) is 1. The summed E-state index contributed by atoms with van der Waals surface area (Å²) >= 11 is 0. The molecule has 10 heteroatoms. The van der Waals surface area contributed by atoms with Crippen molar-refractivity contribution in [2.75, 3.05) is 19.0 Å². The minimum atomic E-state index is -3.78. The van der Waals surface area contributed by atoms with Gasteiger partial charge in [-0.2, -0.15) is 0 Å². The quantitative estimate of drug-likeness (QED) is 0.467. The van der Waals surface area contributed by atoms with E-state index in [0.29, 0.717) is 41.5 Å². The van der Waals surface area contributed by atoms with Crippen molar-refractivity contribution >= 4 is 27.4 Å². The Morgan fingerprint density at radius 1 is 1.12 bits per heavy atom. The number of fused-ring (bicyclic) bond motifs is 1. The maximum absolute atomic E-state index is 12.7. The lowest BCUT2D eigenvalue weighted by Gasteiger charge is -2.18. The Hall–Kier alpha value is -3.14. The van der Waals surface area contributed by atoms with Crippen LogP contribution < -0.4 is 9.47 Å². The molecule has 2 aromatic rings. The molecule has 0 fully saturated rings. The summed E-state index contributed by atoms with van der Waals surface area (Å²) in [5, 5.41) is 0. The van der Waals surface area contributed by atoms with E-state index in [4.69, 9.17) is 14.2 Å². The smallest absolute Gasteiger partial charge is 0.307 e. The van der Waals surface area contributed by atoms with Crippen molar-refractivity contribution in [3.05, 3.63) is 40.7 Å². The molecule has 0 saturated heterocycles. The average Bonchev–Trinajstić information content (AvgIpc) is 3.05. The van der Waals surface area contributed by atoms with Gasteiger partial charge in [-0.3, -0.25) is 14.4 Å². The van der Waals surface area contributed by atoms with Crippen molar-refractivity contribution in [3.8, 4) is 11.5 Å². The Kier molecular flexibility index (Phi) is 6.73. The highest BCUT2D eigenvalue weighted by Gasteiger charge is 2.27. The largest absolute Gasteiger partial charge is 0.486 e. The molecule has 9 nitrogen and oxygen atoms in total. The number of carbonyl (C=O) groups excluding carboxylic acids is 3. The second-order valence-corrected chi connectivity index (χ2v) is 9.66. The summed E-state index contributed by atoms with van der Waals surface area (Å²) in [6, 6.07) is 4.27. The minimum Gasteiger partial charge on any atom is -0.486 e. The Labute approximate surface area is 186 Å². The van der Waals surface area contributed by atoms with Crippen molar-refractivity contribution in [1.29, 1.82) is 0 Å². The fraction of sp³-hybridized carbons (Fsp3) is 0.409. The molecule has 0 bridgehead atoms. The summed E-state index contributed by atoms with van der Waals surface area (Å²) in [5.41, 5.74) is 1.67.